The van der Waals surface area contributed by atoms with E-state index >= 15 is 0 Å². The van der Waals surface area contributed by atoms with Gasteiger partial charge in [-0.3, -0.25) is 0 Å². The lowest BCUT2D eigenvalue weighted by Gasteiger charge is -1.98. The summed E-state index contributed by atoms with van der Waals surface area (Å²) in [6.07, 6.45) is 0. The minimum absolute atomic E-state index is 0.772. The molecule has 0 unspecified atom stereocenters. The summed E-state index contributed by atoms with van der Waals surface area (Å²) in [5.74, 6) is 0. The van der Waals surface area contributed by atoms with Crippen molar-refractivity contribution in [3.05, 3.63) is 34.8 Å². The number of anilines is 1. The molecule has 1 rings (SSSR count). The Bertz CT molecular complexity index is 281. The largest absolute Gasteiger partial charge is 0.399 e. The quantitative estimate of drug-likeness (QED) is 0.782. The topological polar surface area (TPSA) is 26.0 Å². The molecule has 0 saturated carbocycles. The maximum absolute atomic E-state index is 5.59. The molecule has 58 valence electrons. The maximum atomic E-state index is 5.59. The van der Waals surface area contributed by atoms with Gasteiger partial charge in [0.05, 0.1) is 0 Å². The van der Waals surface area contributed by atoms with E-state index in [1.54, 1.807) is 0 Å². The molecule has 0 saturated heterocycles. The van der Waals surface area contributed by atoms with Gasteiger partial charge in [0.25, 0.3) is 0 Å². The number of benzene rings is 1. The highest BCUT2D eigenvalue weighted by Crippen LogP contribution is 2.23. The van der Waals surface area contributed by atoms with Gasteiger partial charge in [-0.15, -0.1) is 0 Å². The van der Waals surface area contributed by atoms with Gasteiger partial charge in [0, 0.05) is 10.2 Å². The molecular weight excluding hydrogens is 270 g/mol. The Kier molecular flexibility index (Phi) is 3.15. The standard InChI is InChI=1S/C8H7Br2N/c9-5-8(10)6-2-1-3-7(11)4-6/h1-5H,11H2/b8-5+. The Morgan fingerprint density at radius 1 is 1.45 bits per heavy atom. The summed E-state index contributed by atoms with van der Waals surface area (Å²) in [4.78, 5) is 1.81. The molecule has 0 aliphatic heterocycles. The van der Waals surface area contributed by atoms with Crippen molar-refractivity contribution in [1.29, 1.82) is 0 Å². The summed E-state index contributed by atoms with van der Waals surface area (Å²) in [5, 5.41) is 0. The van der Waals surface area contributed by atoms with E-state index in [2.05, 4.69) is 31.9 Å². The zero-order chi connectivity index (χ0) is 8.27. The van der Waals surface area contributed by atoms with Gasteiger partial charge < -0.3 is 5.73 Å². The van der Waals surface area contributed by atoms with E-state index in [0.717, 1.165) is 15.7 Å². The molecule has 0 spiro atoms. The van der Waals surface area contributed by atoms with E-state index < -0.39 is 0 Å². The molecule has 0 aliphatic carbocycles. The Hall–Kier alpha value is -0.280. The van der Waals surface area contributed by atoms with Gasteiger partial charge in [-0.1, -0.05) is 28.1 Å². The van der Waals surface area contributed by atoms with E-state index in [1.165, 1.54) is 0 Å². The summed E-state index contributed by atoms with van der Waals surface area (Å²) >= 11 is 6.60. The lowest BCUT2D eigenvalue weighted by molar-refractivity contribution is 1.64. The molecular formula is C8H7Br2N. The van der Waals surface area contributed by atoms with Crippen molar-refractivity contribution >= 4 is 42.0 Å². The van der Waals surface area contributed by atoms with Gasteiger partial charge >= 0.3 is 0 Å². The third-order valence-corrected chi connectivity index (χ3v) is 3.02. The van der Waals surface area contributed by atoms with Crippen molar-refractivity contribution in [3.8, 4) is 0 Å². The van der Waals surface area contributed by atoms with Crippen LogP contribution in [-0.4, -0.2) is 0 Å². The van der Waals surface area contributed by atoms with Crippen molar-refractivity contribution < 1.29 is 0 Å². The third kappa shape index (κ3) is 2.34. The zero-order valence-electron chi connectivity index (χ0n) is 5.72. The van der Waals surface area contributed by atoms with Crippen LogP contribution in [-0.2, 0) is 0 Å². The Labute approximate surface area is 82.5 Å². The van der Waals surface area contributed by atoms with Crippen LogP contribution in [0.25, 0.3) is 4.48 Å². The number of hydrogen-bond donors (Lipinski definition) is 1. The molecule has 1 aromatic carbocycles. The fraction of sp³-hybridized carbons (Fsp3) is 0. The van der Waals surface area contributed by atoms with Gasteiger partial charge in [-0.25, -0.2) is 0 Å². The Morgan fingerprint density at radius 2 is 2.18 bits per heavy atom. The first-order valence-electron chi connectivity index (χ1n) is 3.06. The Balaban J connectivity index is 3.06. The van der Waals surface area contributed by atoms with Gasteiger partial charge in [0.15, 0.2) is 0 Å². The van der Waals surface area contributed by atoms with Crippen molar-refractivity contribution in [2.75, 3.05) is 5.73 Å². The molecule has 3 heteroatoms. The fourth-order valence-electron chi connectivity index (χ4n) is 0.750. The number of halogens is 2. The molecule has 1 aromatic rings. The van der Waals surface area contributed by atoms with Crippen molar-refractivity contribution in [1.82, 2.24) is 0 Å². The summed E-state index contributed by atoms with van der Waals surface area (Å²) in [6.45, 7) is 0. The van der Waals surface area contributed by atoms with Crippen molar-refractivity contribution in [2.24, 2.45) is 0 Å². The summed E-state index contributed by atoms with van der Waals surface area (Å²) in [7, 11) is 0. The molecule has 1 nitrogen and oxygen atoms in total. The molecule has 0 radical (unpaired) electrons. The van der Waals surface area contributed by atoms with E-state index in [4.69, 9.17) is 5.73 Å². The predicted molar refractivity (Wildman–Crippen MR) is 56.7 cm³/mol. The second-order valence-electron chi connectivity index (χ2n) is 2.08. The average molecular weight is 277 g/mol. The molecule has 0 fully saturated rings. The van der Waals surface area contributed by atoms with Crippen LogP contribution in [0.1, 0.15) is 5.56 Å². The first kappa shape index (κ1) is 8.81. The predicted octanol–water partition coefficient (Wildman–Crippen LogP) is 3.36. The van der Waals surface area contributed by atoms with Crippen LogP contribution in [0.3, 0.4) is 0 Å². The monoisotopic (exact) mass is 275 g/mol. The molecule has 0 aliphatic rings. The second-order valence-corrected chi connectivity index (χ2v) is 3.39. The van der Waals surface area contributed by atoms with Crippen LogP contribution in [0.15, 0.2) is 29.3 Å². The van der Waals surface area contributed by atoms with E-state index in [1.807, 2.05) is 29.3 Å². The summed E-state index contributed by atoms with van der Waals surface area (Å²) < 4.78 is 0.991. The van der Waals surface area contributed by atoms with Gasteiger partial charge in [0.1, 0.15) is 0 Å². The van der Waals surface area contributed by atoms with Gasteiger partial charge in [0.2, 0.25) is 0 Å². The zero-order valence-corrected chi connectivity index (χ0v) is 8.89. The SMILES string of the molecule is Nc1cccc(/C(Br)=C\Br)c1. The van der Waals surface area contributed by atoms with E-state index in [-0.39, 0.29) is 0 Å². The van der Waals surface area contributed by atoms with Crippen LogP contribution in [0.4, 0.5) is 5.69 Å². The molecule has 11 heavy (non-hydrogen) atoms. The van der Waals surface area contributed by atoms with E-state index in [9.17, 15) is 0 Å². The minimum atomic E-state index is 0.772. The maximum Gasteiger partial charge on any atom is 0.0320 e. The average Bonchev–Trinajstić information content (AvgIpc) is 2.03. The summed E-state index contributed by atoms with van der Waals surface area (Å²) in [5.41, 5.74) is 7.43. The van der Waals surface area contributed by atoms with Gasteiger partial charge in [-0.2, -0.15) is 0 Å². The highest BCUT2D eigenvalue weighted by atomic mass is 79.9. The van der Waals surface area contributed by atoms with E-state index in [0.29, 0.717) is 0 Å². The van der Waals surface area contributed by atoms with Crippen LogP contribution in [0, 0.1) is 0 Å². The highest BCUT2D eigenvalue weighted by molar-refractivity contribution is 9.16. The molecule has 0 amide bonds. The minimum Gasteiger partial charge on any atom is -0.399 e. The van der Waals surface area contributed by atoms with Crippen LogP contribution in [0.2, 0.25) is 0 Å². The number of hydrogen-bond acceptors (Lipinski definition) is 1. The smallest absolute Gasteiger partial charge is 0.0320 e. The van der Waals surface area contributed by atoms with Crippen LogP contribution in [0.5, 0.6) is 0 Å². The fourth-order valence-corrected chi connectivity index (χ4v) is 1.26. The lowest BCUT2D eigenvalue weighted by atomic mass is 10.2. The lowest BCUT2D eigenvalue weighted by Crippen LogP contribution is -1.84. The molecule has 0 heterocycles. The molecule has 0 atom stereocenters. The summed E-state index contributed by atoms with van der Waals surface area (Å²) in [6, 6.07) is 7.67. The first-order valence-corrected chi connectivity index (χ1v) is 4.76. The molecule has 0 bridgehead atoms. The molecule has 2 N–H and O–H groups in total. The highest BCUT2D eigenvalue weighted by Gasteiger charge is 1.95. The van der Waals surface area contributed by atoms with Crippen molar-refractivity contribution in [2.45, 2.75) is 0 Å². The van der Waals surface area contributed by atoms with Crippen LogP contribution < -0.4 is 5.73 Å². The van der Waals surface area contributed by atoms with Gasteiger partial charge in [-0.05, 0) is 38.6 Å². The number of nitrogens with two attached hydrogens (primary N) is 1. The molecule has 0 aromatic heterocycles. The first-order chi connectivity index (χ1) is 5.24. The second kappa shape index (κ2) is 3.93. The number of rotatable bonds is 1. The normalized spacial score (nSPS) is 11.6. The number of nitrogen functional groups attached to an aromatic ring is 1. The van der Waals surface area contributed by atoms with Crippen molar-refractivity contribution in [3.63, 3.8) is 0 Å². The van der Waals surface area contributed by atoms with Crippen LogP contribution >= 0.6 is 31.9 Å². The Morgan fingerprint density at radius 3 is 2.73 bits per heavy atom. The third-order valence-electron chi connectivity index (χ3n) is 1.26.